The molecule has 1 aliphatic heterocycles. The van der Waals surface area contributed by atoms with Crippen LogP contribution in [0.4, 0.5) is 5.82 Å². The fourth-order valence-corrected chi connectivity index (χ4v) is 2.76. The minimum Gasteiger partial charge on any atom is -0.382 e. The SMILES string of the molecule is Nc1n[nH]c(CCC2CCCCO2)c1-c1ccncc1. The third kappa shape index (κ3) is 2.82. The van der Waals surface area contributed by atoms with Gasteiger partial charge in [-0.25, -0.2) is 0 Å². The molecule has 0 spiro atoms. The monoisotopic (exact) mass is 272 g/mol. The van der Waals surface area contributed by atoms with Crippen molar-refractivity contribution < 1.29 is 4.74 Å². The molecule has 0 radical (unpaired) electrons. The Morgan fingerprint density at radius 2 is 2.15 bits per heavy atom. The van der Waals surface area contributed by atoms with Crippen LogP contribution in [0.25, 0.3) is 11.1 Å². The highest BCUT2D eigenvalue weighted by atomic mass is 16.5. The van der Waals surface area contributed by atoms with Gasteiger partial charge in [0.2, 0.25) is 0 Å². The number of aryl methyl sites for hydroxylation is 1. The Bertz CT molecular complexity index is 546. The Hall–Kier alpha value is -1.88. The van der Waals surface area contributed by atoms with E-state index < -0.39 is 0 Å². The van der Waals surface area contributed by atoms with Crippen molar-refractivity contribution in [2.24, 2.45) is 0 Å². The van der Waals surface area contributed by atoms with Gasteiger partial charge < -0.3 is 10.5 Å². The number of hydrogen-bond donors (Lipinski definition) is 2. The Kier molecular flexibility index (Phi) is 3.97. The van der Waals surface area contributed by atoms with Gasteiger partial charge in [0.1, 0.15) is 0 Å². The molecular formula is C15H20N4O. The van der Waals surface area contributed by atoms with Gasteiger partial charge in [0.15, 0.2) is 5.82 Å². The first-order valence-electron chi connectivity index (χ1n) is 7.19. The second-order valence-corrected chi connectivity index (χ2v) is 5.23. The molecule has 3 rings (SSSR count). The molecule has 1 atom stereocenters. The molecule has 2 aromatic heterocycles. The lowest BCUT2D eigenvalue weighted by atomic mass is 10.00. The van der Waals surface area contributed by atoms with Crippen molar-refractivity contribution in [3.8, 4) is 11.1 Å². The summed E-state index contributed by atoms with van der Waals surface area (Å²) in [6.07, 6.45) is 9.47. The minimum absolute atomic E-state index is 0.374. The predicted octanol–water partition coefficient (Wildman–Crippen LogP) is 2.56. The van der Waals surface area contributed by atoms with Gasteiger partial charge in [0, 0.05) is 30.3 Å². The zero-order chi connectivity index (χ0) is 13.8. The number of pyridine rings is 1. The number of aromatic amines is 1. The van der Waals surface area contributed by atoms with E-state index >= 15 is 0 Å². The van der Waals surface area contributed by atoms with Gasteiger partial charge in [-0.2, -0.15) is 5.10 Å². The number of aromatic nitrogens is 3. The first-order chi connectivity index (χ1) is 9.84. The third-order valence-electron chi connectivity index (χ3n) is 3.83. The van der Waals surface area contributed by atoms with Crippen LogP contribution in [0.3, 0.4) is 0 Å². The topological polar surface area (TPSA) is 76.8 Å². The average molecular weight is 272 g/mol. The highest BCUT2D eigenvalue weighted by Gasteiger charge is 2.17. The fraction of sp³-hybridized carbons (Fsp3) is 0.467. The fourth-order valence-electron chi connectivity index (χ4n) is 2.76. The smallest absolute Gasteiger partial charge is 0.153 e. The molecule has 1 fully saturated rings. The van der Waals surface area contributed by atoms with Crippen LogP contribution in [0.5, 0.6) is 0 Å². The molecule has 0 amide bonds. The maximum atomic E-state index is 5.99. The lowest BCUT2D eigenvalue weighted by Gasteiger charge is -2.22. The van der Waals surface area contributed by atoms with Gasteiger partial charge in [-0.05, 0) is 49.8 Å². The van der Waals surface area contributed by atoms with E-state index in [-0.39, 0.29) is 0 Å². The molecule has 2 aromatic rings. The molecule has 0 saturated carbocycles. The van der Waals surface area contributed by atoms with Crippen LogP contribution in [0.15, 0.2) is 24.5 Å². The van der Waals surface area contributed by atoms with E-state index in [1.165, 1.54) is 12.8 Å². The molecule has 20 heavy (non-hydrogen) atoms. The summed E-state index contributed by atoms with van der Waals surface area (Å²) in [5.41, 5.74) is 9.14. The summed E-state index contributed by atoms with van der Waals surface area (Å²) in [4.78, 5) is 4.04. The Morgan fingerprint density at radius 1 is 1.30 bits per heavy atom. The number of nitrogens with one attached hydrogen (secondary N) is 1. The largest absolute Gasteiger partial charge is 0.382 e. The highest BCUT2D eigenvalue weighted by Crippen LogP contribution is 2.29. The number of nitrogens with zero attached hydrogens (tertiary/aromatic N) is 2. The van der Waals surface area contributed by atoms with Gasteiger partial charge in [0.05, 0.1) is 6.10 Å². The molecule has 0 aliphatic carbocycles. The van der Waals surface area contributed by atoms with Crippen LogP contribution >= 0.6 is 0 Å². The van der Waals surface area contributed by atoms with Gasteiger partial charge in [-0.15, -0.1) is 0 Å². The number of H-pyrrole nitrogens is 1. The molecule has 5 heteroatoms. The number of hydrogen-bond acceptors (Lipinski definition) is 4. The quantitative estimate of drug-likeness (QED) is 0.896. The van der Waals surface area contributed by atoms with Gasteiger partial charge >= 0.3 is 0 Å². The minimum atomic E-state index is 0.374. The Morgan fingerprint density at radius 3 is 2.90 bits per heavy atom. The number of rotatable bonds is 4. The maximum Gasteiger partial charge on any atom is 0.153 e. The molecule has 3 N–H and O–H groups in total. The van der Waals surface area contributed by atoms with E-state index in [4.69, 9.17) is 10.5 Å². The lowest BCUT2D eigenvalue weighted by Crippen LogP contribution is -2.19. The Balaban J connectivity index is 1.74. The van der Waals surface area contributed by atoms with E-state index in [2.05, 4.69) is 15.2 Å². The summed E-state index contributed by atoms with van der Waals surface area (Å²) in [6.45, 7) is 0.896. The summed E-state index contributed by atoms with van der Waals surface area (Å²) in [5, 5.41) is 7.21. The summed E-state index contributed by atoms with van der Waals surface area (Å²) < 4.78 is 5.78. The summed E-state index contributed by atoms with van der Waals surface area (Å²) in [7, 11) is 0. The Labute approximate surface area is 118 Å². The lowest BCUT2D eigenvalue weighted by molar-refractivity contribution is 0.0114. The van der Waals surface area contributed by atoms with E-state index in [1.54, 1.807) is 12.4 Å². The molecule has 3 heterocycles. The molecule has 5 nitrogen and oxygen atoms in total. The number of ether oxygens (including phenoxy) is 1. The molecule has 106 valence electrons. The van der Waals surface area contributed by atoms with Crippen LogP contribution in [0.1, 0.15) is 31.4 Å². The van der Waals surface area contributed by atoms with Crippen molar-refractivity contribution in [2.45, 2.75) is 38.2 Å². The standard InChI is InChI=1S/C15H20N4O/c16-15-14(11-6-8-17-9-7-11)13(18-19-15)5-4-12-3-1-2-10-20-12/h6-9,12H,1-5,10H2,(H3,16,18,19). The van der Waals surface area contributed by atoms with E-state index in [0.717, 1.165) is 42.7 Å². The highest BCUT2D eigenvalue weighted by molar-refractivity contribution is 5.75. The van der Waals surface area contributed by atoms with Crippen LogP contribution < -0.4 is 5.73 Å². The van der Waals surface area contributed by atoms with Crippen LogP contribution in [0, 0.1) is 0 Å². The summed E-state index contributed by atoms with van der Waals surface area (Å²) in [5.74, 6) is 0.552. The van der Waals surface area contributed by atoms with Crippen molar-refractivity contribution in [3.05, 3.63) is 30.2 Å². The van der Waals surface area contributed by atoms with Crippen molar-refractivity contribution in [1.82, 2.24) is 15.2 Å². The predicted molar refractivity (Wildman–Crippen MR) is 78.1 cm³/mol. The van der Waals surface area contributed by atoms with Crippen molar-refractivity contribution in [1.29, 1.82) is 0 Å². The van der Waals surface area contributed by atoms with Crippen molar-refractivity contribution in [3.63, 3.8) is 0 Å². The second-order valence-electron chi connectivity index (χ2n) is 5.23. The van der Waals surface area contributed by atoms with Gasteiger partial charge in [-0.1, -0.05) is 0 Å². The first-order valence-corrected chi connectivity index (χ1v) is 7.19. The molecular weight excluding hydrogens is 252 g/mol. The van der Waals surface area contributed by atoms with Crippen LogP contribution in [-0.2, 0) is 11.2 Å². The van der Waals surface area contributed by atoms with Gasteiger partial charge in [0.25, 0.3) is 0 Å². The zero-order valence-electron chi connectivity index (χ0n) is 11.5. The molecule has 0 aromatic carbocycles. The van der Waals surface area contributed by atoms with Gasteiger partial charge in [-0.3, -0.25) is 10.1 Å². The van der Waals surface area contributed by atoms with E-state index in [9.17, 15) is 0 Å². The van der Waals surface area contributed by atoms with Crippen LogP contribution in [0.2, 0.25) is 0 Å². The molecule has 1 unspecified atom stereocenters. The number of nitrogens with two attached hydrogens (primary N) is 1. The second kappa shape index (κ2) is 6.05. The maximum absolute atomic E-state index is 5.99. The zero-order valence-corrected chi connectivity index (χ0v) is 11.5. The molecule has 0 bridgehead atoms. The summed E-state index contributed by atoms with van der Waals surface area (Å²) >= 11 is 0. The first kappa shape index (κ1) is 13.1. The van der Waals surface area contributed by atoms with Crippen LogP contribution in [-0.4, -0.2) is 27.9 Å². The normalized spacial score (nSPS) is 19.1. The molecule has 1 saturated heterocycles. The van der Waals surface area contributed by atoms with E-state index in [0.29, 0.717) is 11.9 Å². The third-order valence-corrected chi connectivity index (χ3v) is 3.83. The average Bonchev–Trinajstić information content (AvgIpc) is 2.88. The number of anilines is 1. The van der Waals surface area contributed by atoms with E-state index in [1.807, 2.05) is 12.1 Å². The number of nitrogen functional groups attached to an aromatic ring is 1. The summed E-state index contributed by atoms with van der Waals surface area (Å²) in [6, 6.07) is 3.92. The molecule has 1 aliphatic rings. The van der Waals surface area contributed by atoms with Crippen molar-refractivity contribution in [2.75, 3.05) is 12.3 Å². The van der Waals surface area contributed by atoms with Crippen molar-refractivity contribution >= 4 is 5.82 Å².